The zero-order chi connectivity index (χ0) is 10.5. The van der Waals surface area contributed by atoms with Crippen molar-refractivity contribution in [3.63, 3.8) is 0 Å². The van der Waals surface area contributed by atoms with Crippen LogP contribution < -0.4 is 4.74 Å². The van der Waals surface area contributed by atoms with E-state index in [9.17, 15) is 0 Å². The molecule has 0 amide bonds. The van der Waals surface area contributed by atoms with Gasteiger partial charge in [0.2, 0.25) is 0 Å². The molecule has 2 nitrogen and oxygen atoms in total. The minimum absolute atomic E-state index is 0.377. The Morgan fingerprint density at radius 2 is 2.07 bits per heavy atom. The normalized spacial score (nSPS) is 18.7. The van der Waals surface area contributed by atoms with Crippen LogP contribution in [-0.4, -0.2) is 11.1 Å². The van der Waals surface area contributed by atoms with Crippen molar-refractivity contribution in [2.24, 2.45) is 0 Å². The quantitative estimate of drug-likeness (QED) is 0.594. The fourth-order valence-electron chi connectivity index (χ4n) is 1.91. The number of hydrogen-bond acceptors (Lipinski definition) is 3. The van der Waals surface area contributed by atoms with Crippen LogP contribution in [0.25, 0.3) is 0 Å². The van der Waals surface area contributed by atoms with Gasteiger partial charge in [0.15, 0.2) is 0 Å². The van der Waals surface area contributed by atoms with Gasteiger partial charge in [0.05, 0.1) is 11.6 Å². The summed E-state index contributed by atoms with van der Waals surface area (Å²) < 4.78 is 5.87. The first-order valence-electron chi connectivity index (χ1n) is 5.55. The van der Waals surface area contributed by atoms with E-state index in [1.807, 2.05) is 5.38 Å². The van der Waals surface area contributed by atoms with E-state index >= 15 is 0 Å². The molecule has 0 unspecified atom stereocenters. The molecular weight excluding hydrogens is 230 g/mol. The molecule has 4 heteroatoms. The van der Waals surface area contributed by atoms with Crippen molar-refractivity contribution < 1.29 is 4.74 Å². The molecule has 0 aromatic carbocycles. The molecule has 1 aliphatic rings. The first kappa shape index (κ1) is 11.2. The van der Waals surface area contributed by atoms with Gasteiger partial charge in [-0.05, 0) is 25.7 Å². The summed E-state index contributed by atoms with van der Waals surface area (Å²) in [5.41, 5.74) is 0.922. The van der Waals surface area contributed by atoms with Crippen LogP contribution in [-0.2, 0) is 5.88 Å². The smallest absolute Gasteiger partial charge is 0.273 e. The van der Waals surface area contributed by atoms with Crippen molar-refractivity contribution in [3.8, 4) is 5.19 Å². The van der Waals surface area contributed by atoms with Crippen LogP contribution in [0.4, 0.5) is 0 Å². The molecule has 0 spiro atoms. The second kappa shape index (κ2) is 5.71. The van der Waals surface area contributed by atoms with Crippen LogP contribution in [0.1, 0.15) is 44.2 Å². The van der Waals surface area contributed by atoms with Crippen LogP contribution in [0, 0.1) is 0 Å². The molecule has 0 bridgehead atoms. The minimum atomic E-state index is 0.377. The van der Waals surface area contributed by atoms with Gasteiger partial charge in [-0.2, -0.15) is 0 Å². The molecule has 0 aliphatic heterocycles. The maximum atomic E-state index is 5.87. The van der Waals surface area contributed by atoms with Gasteiger partial charge >= 0.3 is 0 Å². The fourth-order valence-corrected chi connectivity index (χ4v) is 2.87. The molecule has 1 aromatic heterocycles. The van der Waals surface area contributed by atoms with Gasteiger partial charge in [-0.25, -0.2) is 4.98 Å². The summed E-state index contributed by atoms with van der Waals surface area (Å²) in [6, 6.07) is 0. The largest absolute Gasteiger partial charge is 0.467 e. The second-order valence-electron chi connectivity index (χ2n) is 3.97. The zero-order valence-electron chi connectivity index (χ0n) is 8.75. The van der Waals surface area contributed by atoms with E-state index in [-0.39, 0.29) is 0 Å². The Balaban J connectivity index is 1.89. The Morgan fingerprint density at radius 1 is 1.33 bits per heavy atom. The lowest BCUT2D eigenvalue weighted by Gasteiger charge is -2.13. The number of nitrogens with zero attached hydrogens (tertiary/aromatic N) is 1. The zero-order valence-corrected chi connectivity index (χ0v) is 10.3. The molecule has 0 N–H and O–H groups in total. The Labute approximate surface area is 99.6 Å². The summed E-state index contributed by atoms with van der Waals surface area (Å²) in [7, 11) is 0. The van der Waals surface area contributed by atoms with Gasteiger partial charge in [0.25, 0.3) is 5.19 Å². The Bertz CT molecular complexity index is 295. The van der Waals surface area contributed by atoms with E-state index in [0.29, 0.717) is 12.0 Å². The van der Waals surface area contributed by atoms with E-state index in [1.54, 1.807) is 11.3 Å². The van der Waals surface area contributed by atoms with Gasteiger partial charge in [0, 0.05) is 5.38 Å². The third-order valence-corrected chi connectivity index (χ3v) is 3.79. The van der Waals surface area contributed by atoms with Crippen molar-refractivity contribution in [3.05, 3.63) is 11.1 Å². The first-order valence-corrected chi connectivity index (χ1v) is 6.97. The van der Waals surface area contributed by atoms with Crippen LogP contribution in [0.15, 0.2) is 5.38 Å². The monoisotopic (exact) mass is 245 g/mol. The number of hydrogen-bond donors (Lipinski definition) is 0. The number of halogens is 1. The van der Waals surface area contributed by atoms with E-state index < -0.39 is 0 Å². The van der Waals surface area contributed by atoms with Crippen molar-refractivity contribution in [1.29, 1.82) is 0 Å². The molecule has 1 heterocycles. The van der Waals surface area contributed by atoms with Gasteiger partial charge in [-0.15, -0.1) is 11.6 Å². The predicted molar refractivity (Wildman–Crippen MR) is 63.8 cm³/mol. The third kappa shape index (κ3) is 3.35. The van der Waals surface area contributed by atoms with E-state index in [0.717, 1.165) is 10.9 Å². The summed E-state index contributed by atoms with van der Waals surface area (Å²) >= 11 is 7.25. The number of rotatable bonds is 3. The molecule has 84 valence electrons. The van der Waals surface area contributed by atoms with E-state index in [2.05, 4.69) is 4.98 Å². The third-order valence-electron chi connectivity index (χ3n) is 2.74. The number of ether oxygens (including phenoxy) is 1. The maximum absolute atomic E-state index is 5.87. The van der Waals surface area contributed by atoms with Crippen LogP contribution in [0.2, 0.25) is 0 Å². The van der Waals surface area contributed by atoms with Crippen LogP contribution in [0.5, 0.6) is 5.19 Å². The van der Waals surface area contributed by atoms with Crippen LogP contribution >= 0.6 is 22.9 Å². The van der Waals surface area contributed by atoms with Crippen molar-refractivity contribution >= 4 is 22.9 Å². The minimum Gasteiger partial charge on any atom is -0.467 e. The molecule has 1 aliphatic carbocycles. The molecule has 15 heavy (non-hydrogen) atoms. The summed E-state index contributed by atoms with van der Waals surface area (Å²) in [6.07, 6.45) is 8.01. The highest BCUT2D eigenvalue weighted by atomic mass is 35.5. The topological polar surface area (TPSA) is 22.1 Å². The molecule has 0 atom stereocenters. The lowest BCUT2D eigenvalue weighted by Crippen LogP contribution is -2.14. The molecule has 2 rings (SSSR count). The van der Waals surface area contributed by atoms with Crippen molar-refractivity contribution in [1.82, 2.24) is 4.98 Å². The summed E-state index contributed by atoms with van der Waals surface area (Å²) in [4.78, 5) is 4.32. The highest BCUT2D eigenvalue weighted by Gasteiger charge is 2.15. The fraction of sp³-hybridized carbons (Fsp3) is 0.727. The highest BCUT2D eigenvalue weighted by Crippen LogP contribution is 2.25. The summed E-state index contributed by atoms with van der Waals surface area (Å²) in [6.45, 7) is 0. The molecule has 0 saturated heterocycles. The summed E-state index contributed by atoms with van der Waals surface area (Å²) in [5.74, 6) is 0.477. The lowest BCUT2D eigenvalue weighted by atomic mass is 10.2. The van der Waals surface area contributed by atoms with Gasteiger partial charge < -0.3 is 4.74 Å². The van der Waals surface area contributed by atoms with Gasteiger partial charge in [-0.3, -0.25) is 0 Å². The SMILES string of the molecule is ClCc1csc(OC2CCCCCC2)n1. The molecular formula is C11H16ClNOS. The number of thiazole rings is 1. The Kier molecular flexibility index (Phi) is 4.27. The highest BCUT2D eigenvalue weighted by molar-refractivity contribution is 7.11. The molecule has 0 radical (unpaired) electrons. The predicted octanol–water partition coefficient (Wildman–Crippen LogP) is 3.98. The van der Waals surface area contributed by atoms with Crippen molar-refractivity contribution in [2.45, 2.75) is 50.5 Å². The van der Waals surface area contributed by atoms with Crippen LogP contribution in [0.3, 0.4) is 0 Å². The summed E-state index contributed by atoms with van der Waals surface area (Å²) in [5, 5.41) is 2.76. The average Bonchev–Trinajstić information content (AvgIpc) is 2.54. The second-order valence-corrected chi connectivity index (χ2v) is 5.06. The average molecular weight is 246 g/mol. The van der Waals surface area contributed by atoms with E-state index in [4.69, 9.17) is 16.3 Å². The van der Waals surface area contributed by atoms with E-state index in [1.165, 1.54) is 38.5 Å². The van der Waals surface area contributed by atoms with Gasteiger partial charge in [0.1, 0.15) is 6.10 Å². The first-order chi connectivity index (χ1) is 7.38. The molecule has 1 saturated carbocycles. The molecule has 1 fully saturated rings. The Hall–Kier alpha value is -0.280. The Morgan fingerprint density at radius 3 is 2.67 bits per heavy atom. The molecule has 1 aromatic rings. The lowest BCUT2D eigenvalue weighted by molar-refractivity contribution is 0.183. The van der Waals surface area contributed by atoms with Crippen molar-refractivity contribution in [2.75, 3.05) is 0 Å². The number of alkyl halides is 1. The number of aromatic nitrogens is 1. The maximum Gasteiger partial charge on any atom is 0.273 e. The standard InChI is InChI=1S/C11H16ClNOS/c12-7-9-8-15-11(13-9)14-10-5-3-1-2-4-6-10/h8,10H,1-7H2. The van der Waals surface area contributed by atoms with Gasteiger partial charge in [-0.1, -0.05) is 24.2 Å².